The number of aromatic amines is 1. The van der Waals surface area contributed by atoms with Crippen LogP contribution in [0.4, 0.5) is 0 Å². The van der Waals surface area contributed by atoms with Gasteiger partial charge in [-0.3, -0.25) is 13.9 Å². The molecule has 6 nitrogen and oxygen atoms in total. The summed E-state index contributed by atoms with van der Waals surface area (Å²) < 4.78 is 2.40. The Bertz CT molecular complexity index is 790. The summed E-state index contributed by atoms with van der Waals surface area (Å²) in [5.41, 5.74) is 0.0559. The minimum Gasteiger partial charge on any atom is -0.336 e. The van der Waals surface area contributed by atoms with Crippen LogP contribution in [0.5, 0.6) is 0 Å². The van der Waals surface area contributed by atoms with Gasteiger partial charge in [0.25, 0.3) is 5.56 Å². The van der Waals surface area contributed by atoms with Crippen LogP contribution < -0.4 is 11.2 Å². The zero-order chi connectivity index (χ0) is 14.9. The van der Waals surface area contributed by atoms with Crippen molar-refractivity contribution in [2.75, 3.05) is 0 Å². The summed E-state index contributed by atoms with van der Waals surface area (Å²) in [6.45, 7) is 1.74. The largest absolute Gasteiger partial charge is 0.336 e. The summed E-state index contributed by atoms with van der Waals surface area (Å²) in [4.78, 5) is 30.0. The Kier molecular flexibility index (Phi) is 3.79. The highest BCUT2D eigenvalue weighted by atomic mass is 16.2. The highest BCUT2D eigenvalue weighted by Crippen LogP contribution is 2.31. The van der Waals surface area contributed by atoms with Gasteiger partial charge in [-0.1, -0.05) is 0 Å². The lowest BCUT2D eigenvalue weighted by Gasteiger charge is -2.00. The van der Waals surface area contributed by atoms with Crippen molar-refractivity contribution >= 4 is 11.2 Å². The number of aryl methyl sites for hydroxylation is 2. The van der Waals surface area contributed by atoms with Crippen LogP contribution in [-0.4, -0.2) is 19.1 Å². The number of fused-ring (bicyclic) bond motifs is 1. The summed E-state index contributed by atoms with van der Waals surface area (Å²) in [7, 11) is 3.03. The lowest BCUT2D eigenvalue weighted by atomic mass is 10.3. The first-order valence-corrected chi connectivity index (χ1v) is 6.51. The molecule has 1 saturated carbocycles. The van der Waals surface area contributed by atoms with E-state index in [0.717, 1.165) is 16.9 Å². The van der Waals surface area contributed by atoms with E-state index in [9.17, 15) is 9.59 Å². The number of rotatable bonds is 1. The Morgan fingerprint density at radius 3 is 2.55 bits per heavy atom. The summed E-state index contributed by atoms with van der Waals surface area (Å²) in [5.74, 6) is 4.17. The molecule has 0 amide bonds. The van der Waals surface area contributed by atoms with E-state index in [1.807, 2.05) is 0 Å². The molecule has 0 radical (unpaired) electrons. The fourth-order valence-electron chi connectivity index (χ4n) is 1.93. The zero-order valence-electron chi connectivity index (χ0n) is 11.9. The molecule has 1 aliphatic carbocycles. The normalized spacial score (nSPS) is 13.7. The second kappa shape index (κ2) is 5.37. The second-order valence-corrected chi connectivity index (χ2v) is 5.08. The Labute approximate surface area is 117 Å². The lowest BCUT2D eigenvalue weighted by Crippen LogP contribution is -2.36. The van der Waals surface area contributed by atoms with Gasteiger partial charge in [-0.2, -0.15) is 0 Å². The topological polar surface area (TPSA) is 72.7 Å². The maximum absolute atomic E-state index is 11.6. The van der Waals surface area contributed by atoms with E-state index in [4.69, 9.17) is 6.42 Å². The Morgan fingerprint density at radius 1 is 1.40 bits per heavy atom. The van der Waals surface area contributed by atoms with Crippen molar-refractivity contribution in [3.8, 4) is 12.3 Å². The van der Waals surface area contributed by atoms with Crippen LogP contribution in [0.1, 0.15) is 26.5 Å². The van der Waals surface area contributed by atoms with Crippen molar-refractivity contribution in [1.29, 1.82) is 0 Å². The molecule has 0 spiro atoms. The fourth-order valence-corrected chi connectivity index (χ4v) is 1.93. The van der Waals surface area contributed by atoms with E-state index in [2.05, 4.69) is 15.9 Å². The minimum absolute atomic E-state index is 0. The van der Waals surface area contributed by atoms with Gasteiger partial charge < -0.3 is 4.98 Å². The van der Waals surface area contributed by atoms with Crippen LogP contribution in [0.2, 0.25) is 0 Å². The molecular weight excluding hydrogens is 256 g/mol. The van der Waals surface area contributed by atoms with E-state index in [-0.39, 0.29) is 12.7 Å². The molecule has 0 saturated heterocycles. The van der Waals surface area contributed by atoms with Crippen molar-refractivity contribution in [2.24, 2.45) is 20.0 Å². The molecule has 0 aromatic carbocycles. The van der Waals surface area contributed by atoms with Gasteiger partial charge in [-0.25, -0.2) is 9.78 Å². The van der Waals surface area contributed by atoms with Crippen molar-refractivity contribution in [3.63, 3.8) is 0 Å². The average molecular weight is 276 g/mol. The van der Waals surface area contributed by atoms with Crippen molar-refractivity contribution in [1.82, 2.24) is 19.1 Å². The van der Waals surface area contributed by atoms with Gasteiger partial charge >= 0.3 is 5.69 Å². The van der Waals surface area contributed by atoms with Gasteiger partial charge in [0, 0.05) is 21.9 Å². The first-order valence-electron chi connectivity index (χ1n) is 6.51. The highest BCUT2D eigenvalue weighted by molar-refractivity contribution is 5.69. The summed E-state index contributed by atoms with van der Waals surface area (Å²) in [6.07, 6.45) is 8.79. The molecule has 20 heavy (non-hydrogen) atoms. The van der Waals surface area contributed by atoms with Crippen molar-refractivity contribution < 1.29 is 1.43 Å². The van der Waals surface area contributed by atoms with Gasteiger partial charge in [0.1, 0.15) is 11.3 Å². The average Bonchev–Trinajstić information content (AvgIpc) is 3.15. The third-order valence-corrected chi connectivity index (χ3v) is 3.32. The Hall–Kier alpha value is -2.29. The first-order chi connectivity index (χ1) is 9.45. The highest BCUT2D eigenvalue weighted by Gasteiger charge is 2.18. The first kappa shape index (κ1) is 14.1. The van der Waals surface area contributed by atoms with E-state index >= 15 is 0 Å². The quantitative estimate of drug-likeness (QED) is 0.788. The minimum atomic E-state index is -0.367. The molecule has 6 heteroatoms. The second-order valence-electron chi connectivity index (χ2n) is 5.08. The smallest absolute Gasteiger partial charge is 0.332 e. The van der Waals surface area contributed by atoms with Crippen molar-refractivity contribution in [3.05, 3.63) is 26.7 Å². The van der Waals surface area contributed by atoms with E-state index in [1.165, 1.54) is 24.5 Å². The van der Waals surface area contributed by atoms with Crippen LogP contribution in [0, 0.1) is 25.2 Å². The number of hydrogen-bond acceptors (Lipinski definition) is 3. The summed E-state index contributed by atoms with van der Waals surface area (Å²) >= 11 is 0. The number of terminal acetylenes is 1. The zero-order valence-corrected chi connectivity index (χ0v) is 11.9. The van der Waals surface area contributed by atoms with Crippen LogP contribution >= 0.6 is 0 Å². The molecule has 108 valence electrons. The predicted molar refractivity (Wildman–Crippen MR) is 79.6 cm³/mol. The molecule has 2 aromatic heterocycles. The summed E-state index contributed by atoms with van der Waals surface area (Å²) in [6, 6.07) is 0. The van der Waals surface area contributed by atoms with E-state index < -0.39 is 0 Å². The Balaban J connectivity index is 0.000000267. The van der Waals surface area contributed by atoms with E-state index in [1.54, 1.807) is 14.0 Å². The van der Waals surface area contributed by atoms with Crippen LogP contribution in [0.3, 0.4) is 0 Å². The molecule has 0 aliphatic heterocycles. The van der Waals surface area contributed by atoms with Crippen LogP contribution in [0.25, 0.3) is 11.2 Å². The van der Waals surface area contributed by atoms with Crippen LogP contribution in [0.15, 0.2) is 9.59 Å². The third-order valence-electron chi connectivity index (χ3n) is 3.32. The van der Waals surface area contributed by atoms with Gasteiger partial charge in [-0.15, -0.1) is 12.3 Å². The predicted octanol–water partition coefficient (Wildman–Crippen LogP) is 0.934. The molecule has 1 fully saturated rings. The monoisotopic (exact) mass is 276 g/mol. The van der Waals surface area contributed by atoms with Crippen molar-refractivity contribution in [2.45, 2.75) is 26.2 Å². The number of nitrogens with zero attached hydrogens (tertiary/aromatic N) is 3. The molecule has 3 rings (SSSR count). The molecule has 0 atom stereocenters. The van der Waals surface area contributed by atoms with Gasteiger partial charge in [0.05, 0.1) is 0 Å². The molecular formula is C14H20N4O2. The van der Waals surface area contributed by atoms with E-state index in [0.29, 0.717) is 17.0 Å². The standard InChI is InChI=1S/C8H10N4O2.C6H8.H2/c1-4-9-5-6(10-4)11(2)8(14)12(3)7(5)13;1-2-3-6-4-5-6;/h1-3H3,(H,9,10);1,6H,3-5H2;1H. The van der Waals surface area contributed by atoms with Gasteiger partial charge in [0.2, 0.25) is 0 Å². The van der Waals surface area contributed by atoms with Gasteiger partial charge in [-0.05, 0) is 25.7 Å². The number of H-pyrrole nitrogens is 1. The maximum Gasteiger partial charge on any atom is 0.332 e. The number of hydrogen-bond donors (Lipinski definition) is 1. The number of nitrogens with one attached hydrogen (secondary N) is 1. The molecule has 2 heterocycles. The fraction of sp³-hybridized carbons (Fsp3) is 0.500. The molecule has 0 bridgehead atoms. The SMILES string of the molecule is C#CCC1CC1.Cc1nc2c([nH]1)c(=O)n(C)c(=O)n2C.[HH]. The third kappa shape index (κ3) is 2.67. The molecule has 0 unspecified atom stereocenters. The summed E-state index contributed by atoms with van der Waals surface area (Å²) in [5, 5.41) is 0. The Morgan fingerprint density at radius 2 is 2.05 bits per heavy atom. The molecule has 1 N–H and O–H groups in total. The lowest BCUT2D eigenvalue weighted by molar-refractivity contribution is 0.708. The maximum atomic E-state index is 11.6. The number of aromatic nitrogens is 4. The molecule has 2 aromatic rings. The van der Waals surface area contributed by atoms with Crippen LogP contribution in [-0.2, 0) is 14.1 Å². The molecule has 1 aliphatic rings. The van der Waals surface area contributed by atoms with Gasteiger partial charge in [0.15, 0.2) is 5.65 Å². The number of imidazole rings is 1.